The quantitative estimate of drug-likeness (QED) is 0.903. The van der Waals surface area contributed by atoms with Gasteiger partial charge in [0.25, 0.3) is 0 Å². The molecule has 0 bridgehead atoms. The molecule has 25 heavy (non-hydrogen) atoms. The van der Waals surface area contributed by atoms with E-state index in [9.17, 15) is 9.59 Å². The largest absolute Gasteiger partial charge is 0.493 e. The molecule has 0 aromatic heterocycles. The molecule has 2 aliphatic rings. The summed E-state index contributed by atoms with van der Waals surface area (Å²) in [4.78, 5) is 27.1. The van der Waals surface area contributed by atoms with E-state index >= 15 is 0 Å². The molecular weight excluding hydrogens is 324 g/mol. The fraction of sp³-hybridized carbons (Fsp3) is 0.556. The van der Waals surface area contributed by atoms with E-state index in [0.717, 1.165) is 12.0 Å². The van der Waals surface area contributed by atoms with Gasteiger partial charge in [0, 0.05) is 32.1 Å². The van der Waals surface area contributed by atoms with Gasteiger partial charge in [-0.15, -0.1) is 0 Å². The Morgan fingerprint density at radius 1 is 1.00 bits per heavy atom. The zero-order valence-electron chi connectivity index (χ0n) is 14.7. The molecule has 1 fully saturated rings. The molecule has 0 aliphatic carbocycles. The Morgan fingerprint density at radius 3 is 2.16 bits per heavy atom. The summed E-state index contributed by atoms with van der Waals surface area (Å²) in [6, 6.07) is 3.93. The zero-order valence-corrected chi connectivity index (χ0v) is 14.7. The van der Waals surface area contributed by atoms with Crippen LogP contribution in [0.1, 0.15) is 24.0 Å². The molecular formula is C18H24N2O5. The normalized spacial score (nSPS) is 17.8. The number of piperidine rings is 1. The number of benzene rings is 1. The van der Waals surface area contributed by atoms with Crippen LogP contribution >= 0.6 is 0 Å². The van der Waals surface area contributed by atoms with Gasteiger partial charge in [-0.05, 0) is 42.5 Å². The third-order valence-corrected chi connectivity index (χ3v) is 5.14. The Balaban J connectivity index is 1.68. The summed E-state index contributed by atoms with van der Waals surface area (Å²) in [5, 5.41) is 9.02. The van der Waals surface area contributed by atoms with Crippen molar-refractivity contribution in [2.45, 2.75) is 25.8 Å². The summed E-state index contributed by atoms with van der Waals surface area (Å²) in [5.74, 6) is 1.43. The Labute approximate surface area is 147 Å². The molecule has 0 atom stereocenters. The molecule has 0 unspecified atom stereocenters. The monoisotopic (exact) mass is 348 g/mol. The van der Waals surface area contributed by atoms with E-state index in [1.807, 2.05) is 17.0 Å². The lowest BCUT2D eigenvalue weighted by Crippen LogP contribution is -2.45. The van der Waals surface area contributed by atoms with Crippen molar-refractivity contribution in [3.63, 3.8) is 0 Å². The van der Waals surface area contributed by atoms with Gasteiger partial charge in [0.15, 0.2) is 11.5 Å². The van der Waals surface area contributed by atoms with Crippen LogP contribution in [0.3, 0.4) is 0 Å². The molecule has 0 spiro atoms. The first-order valence-electron chi connectivity index (χ1n) is 8.54. The summed E-state index contributed by atoms with van der Waals surface area (Å²) >= 11 is 0. The number of amides is 2. The van der Waals surface area contributed by atoms with Gasteiger partial charge in [-0.3, -0.25) is 4.79 Å². The number of carboxylic acid groups (broad SMARTS) is 1. The van der Waals surface area contributed by atoms with Crippen LogP contribution in [0.4, 0.5) is 4.79 Å². The lowest BCUT2D eigenvalue weighted by atomic mass is 9.93. The number of rotatable bonds is 3. The highest BCUT2D eigenvalue weighted by Gasteiger charge is 2.31. The van der Waals surface area contributed by atoms with Gasteiger partial charge < -0.3 is 24.4 Å². The maximum atomic E-state index is 12.8. The Bertz CT molecular complexity index is 668. The predicted molar refractivity (Wildman–Crippen MR) is 91.0 cm³/mol. The van der Waals surface area contributed by atoms with Gasteiger partial charge in [0.2, 0.25) is 5.91 Å². The number of likely N-dealkylation sites (tertiary alicyclic amines) is 1. The second-order valence-electron chi connectivity index (χ2n) is 6.53. The van der Waals surface area contributed by atoms with Gasteiger partial charge in [-0.2, -0.15) is 0 Å². The van der Waals surface area contributed by atoms with Crippen molar-refractivity contribution in [3.8, 4) is 11.5 Å². The maximum Gasteiger partial charge on any atom is 0.407 e. The minimum atomic E-state index is -0.904. The highest BCUT2D eigenvalue weighted by atomic mass is 16.5. The lowest BCUT2D eigenvalue weighted by molar-refractivity contribution is -0.137. The third kappa shape index (κ3) is 3.50. The second kappa shape index (κ2) is 7.21. The van der Waals surface area contributed by atoms with Crippen LogP contribution < -0.4 is 9.47 Å². The van der Waals surface area contributed by atoms with E-state index in [1.54, 1.807) is 14.2 Å². The van der Waals surface area contributed by atoms with Crippen molar-refractivity contribution in [1.82, 2.24) is 9.80 Å². The summed E-state index contributed by atoms with van der Waals surface area (Å²) in [6.45, 7) is 2.11. The maximum absolute atomic E-state index is 12.8. The van der Waals surface area contributed by atoms with Crippen molar-refractivity contribution < 1.29 is 24.2 Å². The average molecular weight is 348 g/mol. The summed E-state index contributed by atoms with van der Waals surface area (Å²) < 4.78 is 10.7. The number of carbonyl (C=O) groups excluding carboxylic acids is 1. The number of nitrogens with zero attached hydrogens (tertiary/aromatic N) is 2. The minimum absolute atomic E-state index is 0.0858. The standard InChI is InChI=1S/C18H24N2O5/c1-24-15-9-13-5-8-20(11-14(13)10-16(15)25-2)17(21)12-3-6-19(7-4-12)18(22)23/h9-10,12H,3-8,11H2,1-2H3,(H,22,23). The van der Waals surface area contributed by atoms with Crippen molar-refractivity contribution in [3.05, 3.63) is 23.3 Å². The van der Waals surface area contributed by atoms with Crippen molar-refractivity contribution >= 4 is 12.0 Å². The van der Waals surface area contributed by atoms with Crippen LogP contribution in [-0.4, -0.2) is 60.8 Å². The number of ether oxygens (including phenoxy) is 2. The molecule has 3 rings (SSSR count). The van der Waals surface area contributed by atoms with Crippen LogP contribution in [0, 0.1) is 5.92 Å². The van der Waals surface area contributed by atoms with Crippen molar-refractivity contribution in [2.75, 3.05) is 33.9 Å². The number of hydrogen-bond acceptors (Lipinski definition) is 4. The first-order chi connectivity index (χ1) is 12.0. The van der Waals surface area contributed by atoms with E-state index in [0.29, 0.717) is 50.5 Å². The summed E-state index contributed by atoms with van der Waals surface area (Å²) in [5.41, 5.74) is 2.27. The highest BCUT2D eigenvalue weighted by molar-refractivity contribution is 5.79. The number of hydrogen-bond donors (Lipinski definition) is 1. The van der Waals surface area contributed by atoms with Gasteiger partial charge in [0.05, 0.1) is 14.2 Å². The van der Waals surface area contributed by atoms with E-state index in [1.165, 1.54) is 10.5 Å². The molecule has 7 nitrogen and oxygen atoms in total. The summed E-state index contributed by atoms with van der Waals surface area (Å²) in [7, 11) is 3.22. The zero-order chi connectivity index (χ0) is 18.0. The molecule has 1 saturated heterocycles. The number of fused-ring (bicyclic) bond motifs is 1. The van der Waals surface area contributed by atoms with Crippen LogP contribution in [0.2, 0.25) is 0 Å². The van der Waals surface area contributed by atoms with E-state index < -0.39 is 6.09 Å². The smallest absolute Gasteiger partial charge is 0.407 e. The fourth-order valence-electron chi connectivity index (χ4n) is 3.65. The van der Waals surface area contributed by atoms with Gasteiger partial charge >= 0.3 is 6.09 Å². The lowest BCUT2D eigenvalue weighted by Gasteiger charge is -2.35. The van der Waals surface area contributed by atoms with Gasteiger partial charge in [-0.1, -0.05) is 0 Å². The first-order valence-corrected chi connectivity index (χ1v) is 8.54. The molecule has 1 N–H and O–H groups in total. The molecule has 2 amide bonds. The van der Waals surface area contributed by atoms with Crippen molar-refractivity contribution in [1.29, 1.82) is 0 Å². The molecule has 7 heteroatoms. The topological polar surface area (TPSA) is 79.3 Å². The second-order valence-corrected chi connectivity index (χ2v) is 6.53. The van der Waals surface area contributed by atoms with Gasteiger partial charge in [0.1, 0.15) is 0 Å². The Morgan fingerprint density at radius 2 is 1.60 bits per heavy atom. The molecule has 1 aromatic rings. The van der Waals surface area contributed by atoms with E-state index in [2.05, 4.69) is 0 Å². The summed E-state index contributed by atoms with van der Waals surface area (Å²) in [6.07, 6.45) is 1.08. The predicted octanol–water partition coefficient (Wildman–Crippen LogP) is 1.98. The Kier molecular flexibility index (Phi) is 5.01. The fourth-order valence-corrected chi connectivity index (χ4v) is 3.65. The SMILES string of the molecule is COc1cc2c(cc1OC)CN(C(=O)C1CCN(C(=O)O)CC1)CC2. The van der Waals surface area contributed by atoms with Crippen molar-refractivity contribution in [2.24, 2.45) is 5.92 Å². The minimum Gasteiger partial charge on any atom is -0.493 e. The number of methoxy groups -OCH3 is 2. The molecule has 2 heterocycles. The first kappa shape index (κ1) is 17.4. The molecule has 2 aliphatic heterocycles. The molecule has 136 valence electrons. The van der Waals surface area contributed by atoms with E-state index in [-0.39, 0.29) is 11.8 Å². The van der Waals surface area contributed by atoms with Gasteiger partial charge in [-0.25, -0.2) is 4.79 Å². The number of carbonyl (C=O) groups is 2. The highest BCUT2D eigenvalue weighted by Crippen LogP contribution is 2.34. The van der Waals surface area contributed by atoms with Crippen LogP contribution in [0.15, 0.2) is 12.1 Å². The molecule has 0 saturated carbocycles. The van der Waals surface area contributed by atoms with E-state index in [4.69, 9.17) is 14.6 Å². The van der Waals surface area contributed by atoms with Crippen LogP contribution in [0.5, 0.6) is 11.5 Å². The van der Waals surface area contributed by atoms with Crippen LogP contribution in [-0.2, 0) is 17.8 Å². The molecule has 1 aromatic carbocycles. The average Bonchev–Trinajstić information content (AvgIpc) is 2.65. The Hall–Kier alpha value is -2.44. The van der Waals surface area contributed by atoms with Crippen LogP contribution in [0.25, 0.3) is 0 Å². The third-order valence-electron chi connectivity index (χ3n) is 5.14. The molecule has 0 radical (unpaired) electrons.